The fourth-order valence-electron chi connectivity index (χ4n) is 3.76. The lowest BCUT2D eigenvalue weighted by molar-refractivity contribution is -0.134. The van der Waals surface area contributed by atoms with Gasteiger partial charge in [-0.2, -0.15) is 0 Å². The molecule has 2 heterocycles. The largest absolute Gasteiger partial charge is 0.481 e. The SMILES string of the molecule is CN=C(NCc1ccnc(OC)c1)NC1CCN(C(=O)C2CCCC2)C1. The summed E-state index contributed by atoms with van der Waals surface area (Å²) in [4.78, 5) is 23.0. The van der Waals surface area contributed by atoms with Crippen LogP contribution in [-0.4, -0.2) is 55.0 Å². The first kappa shape index (κ1) is 18.5. The number of hydrogen-bond acceptors (Lipinski definition) is 4. The number of hydrogen-bond donors (Lipinski definition) is 2. The van der Waals surface area contributed by atoms with Crippen LogP contribution in [0, 0.1) is 5.92 Å². The fourth-order valence-corrected chi connectivity index (χ4v) is 3.76. The Bertz CT molecular complexity index is 643. The van der Waals surface area contributed by atoms with E-state index in [0.29, 0.717) is 18.3 Å². The van der Waals surface area contributed by atoms with Crippen LogP contribution in [0.15, 0.2) is 23.3 Å². The van der Waals surface area contributed by atoms with E-state index >= 15 is 0 Å². The Balaban J connectivity index is 1.47. The van der Waals surface area contributed by atoms with Gasteiger partial charge in [-0.1, -0.05) is 12.8 Å². The molecule has 1 aromatic heterocycles. The summed E-state index contributed by atoms with van der Waals surface area (Å²) in [6.07, 6.45) is 7.21. The van der Waals surface area contributed by atoms with Crippen molar-refractivity contribution in [1.29, 1.82) is 0 Å². The molecule has 1 saturated heterocycles. The molecule has 7 heteroatoms. The maximum Gasteiger partial charge on any atom is 0.225 e. The van der Waals surface area contributed by atoms with Crippen LogP contribution in [0.3, 0.4) is 0 Å². The first-order valence-electron chi connectivity index (χ1n) is 9.44. The van der Waals surface area contributed by atoms with Crippen molar-refractivity contribution in [2.24, 2.45) is 10.9 Å². The number of guanidine groups is 1. The molecule has 0 radical (unpaired) electrons. The van der Waals surface area contributed by atoms with Crippen molar-refractivity contribution < 1.29 is 9.53 Å². The second-order valence-corrected chi connectivity index (χ2v) is 7.03. The van der Waals surface area contributed by atoms with Crippen molar-refractivity contribution in [2.75, 3.05) is 27.2 Å². The van der Waals surface area contributed by atoms with Gasteiger partial charge in [0, 0.05) is 50.9 Å². The van der Waals surface area contributed by atoms with Crippen molar-refractivity contribution in [3.8, 4) is 5.88 Å². The average molecular weight is 359 g/mol. The number of carbonyl (C=O) groups excluding carboxylic acids is 1. The quantitative estimate of drug-likeness (QED) is 0.616. The molecule has 142 valence electrons. The zero-order valence-corrected chi connectivity index (χ0v) is 15.7. The van der Waals surface area contributed by atoms with Crippen LogP contribution in [-0.2, 0) is 11.3 Å². The first-order chi connectivity index (χ1) is 12.7. The predicted octanol–water partition coefficient (Wildman–Crippen LogP) is 1.55. The van der Waals surface area contributed by atoms with Gasteiger partial charge < -0.3 is 20.3 Å². The molecule has 3 rings (SSSR count). The molecular weight excluding hydrogens is 330 g/mol. The van der Waals surface area contributed by atoms with E-state index in [4.69, 9.17) is 4.74 Å². The van der Waals surface area contributed by atoms with Crippen molar-refractivity contribution in [1.82, 2.24) is 20.5 Å². The summed E-state index contributed by atoms with van der Waals surface area (Å²) in [5.74, 6) is 1.96. The summed E-state index contributed by atoms with van der Waals surface area (Å²) in [6.45, 7) is 2.24. The van der Waals surface area contributed by atoms with Crippen LogP contribution in [0.4, 0.5) is 0 Å². The highest BCUT2D eigenvalue weighted by Gasteiger charge is 2.32. The molecule has 2 N–H and O–H groups in total. The van der Waals surface area contributed by atoms with Gasteiger partial charge in [0.25, 0.3) is 0 Å². The maximum atomic E-state index is 12.6. The Morgan fingerprint density at radius 3 is 2.92 bits per heavy atom. The number of methoxy groups -OCH3 is 1. The lowest BCUT2D eigenvalue weighted by atomic mass is 10.1. The normalized spacial score (nSPS) is 21.1. The van der Waals surface area contributed by atoms with Gasteiger partial charge in [-0.15, -0.1) is 0 Å². The molecule has 1 saturated carbocycles. The number of nitrogens with zero attached hydrogens (tertiary/aromatic N) is 3. The van der Waals surface area contributed by atoms with Gasteiger partial charge >= 0.3 is 0 Å². The van der Waals surface area contributed by atoms with Gasteiger partial charge in [-0.25, -0.2) is 4.98 Å². The molecule has 1 aliphatic heterocycles. The molecule has 1 unspecified atom stereocenters. The van der Waals surface area contributed by atoms with Gasteiger partial charge in [0.2, 0.25) is 11.8 Å². The highest BCUT2D eigenvalue weighted by Crippen LogP contribution is 2.27. The van der Waals surface area contributed by atoms with E-state index in [1.807, 2.05) is 17.0 Å². The number of ether oxygens (including phenoxy) is 1. The topological polar surface area (TPSA) is 78.9 Å². The molecular formula is C19H29N5O2. The number of aliphatic imine (C=N–C) groups is 1. The van der Waals surface area contributed by atoms with E-state index in [1.54, 1.807) is 20.4 Å². The lowest BCUT2D eigenvalue weighted by Crippen LogP contribution is -2.45. The minimum absolute atomic E-state index is 0.249. The van der Waals surface area contributed by atoms with Crippen LogP contribution in [0.25, 0.3) is 0 Å². The molecule has 7 nitrogen and oxygen atoms in total. The highest BCUT2D eigenvalue weighted by molar-refractivity contribution is 5.81. The molecule has 1 aromatic rings. The van der Waals surface area contributed by atoms with E-state index in [-0.39, 0.29) is 12.0 Å². The van der Waals surface area contributed by atoms with Crippen LogP contribution < -0.4 is 15.4 Å². The van der Waals surface area contributed by atoms with Crippen LogP contribution in [0.5, 0.6) is 5.88 Å². The summed E-state index contributed by atoms with van der Waals surface area (Å²) in [5.41, 5.74) is 1.07. The second kappa shape index (κ2) is 8.87. The molecule has 26 heavy (non-hydrogen) atoms. The van der Waals surface area contributed by atoms with Crippen molar-refractivity contribution in [3.05, 3.63) is 23.9 Å². The standard InChI is InChI=1S/C19H29N5O2/c1-20-19(22-12-14-7-9-21-17(11-14)26-2)23-16-8-10-24(13-16)18(25)15-5-3-4-6-15/h7,9,11,15-16H,3-6,8,10,12-13H2,1-2H3,(H2,20,22,23). The number of aromatic nitrogens is 1. The fraction of sp³-hybridized carbons (Fsp3) is 0.632. The molecule has 1 amide bonds. The average Bonchev–Trinajstić information content (AvgIpc) is 3.36. The molecule has 1 aliphatic carbocycles. The number of rotatable bonds is 5. The predicted molar refractivity (Wildman–Crippen MR) is 101 cm³/mol. The number of likely N-dealkylation sites (tertiary alicyclic amines) is 1. The van der Waals surface area contributed by atoms with Crippen LogP contribution >= 0.6 is 0 Å². The van der Waals surface area contributed by atoms with E-state index in [9.17, 15) is 4.79 Å². The summed E-state index contributed by atoms with van der Waals surface area (Å²) in [5, 5.41) is 6.75. The lowest BCUT2D eigenvalue weighted by Gasteiger charge is -2.21. The number of nitrogens with one attached hydrogen (secondary N) is 2. The molecule has 2 aliphatic rings. The van der Waals surface area contributed by atoms with Crippen LogP contribution in [0.1, 0.15) is 37.7 Å². The Kier molecular flexibility index (Phi) is 6.30. The van der Waals surface area contributed by atoms with Crippen molar-refractivity contribution >= 4 is 11.9 Å². The van der Waals surface area contributed by atoms with E-state index in [2.05, 4.69) is 20.6 Å². The zero-order valence-electron chi connectivity index (χ0n) is 15.7. The summed E-state index contributed by atoms with van der Waals surface area (Å²) >= 11 is 0. The highest BCUT2D eigenvalue weighted by atomic mass is 16.5. The van der Waals surface area contributed by atoms with Gasteiger partial charge in [0.15, 0.2) is 5.96 Å². The maximum absolute atomic E-state index is 12.6. The van der Waals surface area contributed by atoms with E-state index in [0.717, 1.165) is 43.9 Å². The smallest absolute Gasteiger partial charge is 0.225 e. The van der Waals surface area contributed by atoms with Gasteiger partial charge in [-0.3, -0.25) is 9.79 Å². The van der Waals surface area contributed by atoms with E-state index in [1.165, 1.54) is 12.8 Å². The van der Waals surface area contributed by atoms with Gasteiger partial charge in [0.05, 0.1) is 7.11 Å². The third-order valence-electron chi connectivity index (χ3n) is 5.24. The number of carbonyl (C=O) groups is 1. The first-order valence-corrected chi connectivity index (χ1v) is 9.44. The van der Waals surface area contributed by atoms with Crippen molar-refractivity contribution in [2.45, 2.75) is 44.7 Å². The molecule has 0 bridgehead atoms. The number of amides is 1. The number of pyridine rings is 1. The summed E-state index contributed by atoms with van der Waals surface area (Å²) in [7, 11) is 3.37. The minimum atomic E-state index is 0.249. The third kappa shape index (κ3) is 4.65. The summed E-state index contributed by atoms with van der Waals surface area (Å²) < 4.78 is 5.15. The monoisotopic (exact) mass is 359 g/mol. The summed E-state index contributed by atoms with van der Waals surface area (Å²) in [6, 6.07) is 4.09. The Morgan fingerprint density at radius 1 is 1.38 bits per heavy atom. The zero-order chi connectivity index (χ0) is 18.4. The Hall–Kier alpha value is -2.31. The van der Waals surface area contributed by atoms with Crippen molar-refractivity contribution in [3.63, 3.8) is 0 Å². The molecule has 2 fully saturated rings. The second-order valence-electron chi connectivity index (χ2n) is 7.03. The molecule has 1 atom stereocenters. The molecule has 0 aromatic carbocycles. The van der Waals surface area contributed by atoms with E-state index < -0.39 is 0 Å². The van der Waals surface area contributed by atoms with Gasteiger partial charge in [0.1, 0.15) is 0 Å². The minimum Gasteiger partial charge on any atom is -0.481 e. The third-order valence-corrected chi connectivity index (χ3v) is 5.24. The Labute approximate surface area is 155 Å². The Morgan fingerprint density at radius 2 is 2.19 bits per heavy atom. The van der Waals surface area contributed by atoms with Gasteiger partial charge in [-0.05, 0) is 30.9 Å². The van der Waals surface area contributed by atoms with Crippen LogP contribution in [0.2, 0.25) is 0 Å². The molecule has 0 spiro atoms.